The molecule has 0 N–H and O–H groups in total. The molecule has 1 amide bonds. The van der Waals surface area contributed by atoms with Gasteiger partial charge in [0.15, 0.2) is 0 Å². The lowest BCUT2D eigenvalue weighted by Crippen LogP contribution is -2.34. The van der Waals surface area contributed by atoms with E-state index < -0.39 is 0 Å². The Bertz CT molecular complexity index is 1190. The van der Waals surface area contributed by atoms with Gasteiger partial charge in [0.2, 0.25) is 11.8 Å². The molecule has 1 aromatic carbocycles. The van der Waals surface area contributed by atoms with Crippen LogP contribution in [0.15, 0.2) is 22.7 Å². The highest BCUT2D eigenvalue weighted by Gasteiger charge is 2.31. The molecule has 0 bridgehead atoms. The fourth-order valence-electron chi connectivity index (χ4n) is 5.42. The molecule has 2 fully saturated rings. The number of para-hydroxylation sites is 1. The molecule has 2 atom stereocenters. The Hall–Kier alpha value is -2.85. The number of benzene rings is 1. The number of hydrogen-bond acceptors (Lipinski definition) is 7. The third kappa shape index (κ3) is 4.95. The maximum absolute atomic E-state index is 14.7. The van der Waals surface area contributed by atoms with E-state index in [1.165, 1.54) is 10.7 Å². The minimum atomic E-state index is -0.353. The van der Waals surface area contributed by atoms with Gasteiger partial charge in [0.05, 0.1) is 5.69 Å². The highest BCUT2D eigenvalue weighted by atomic mass is 19.1. The van der Waals surface area contributed by atoms with Crippen LogP contribution in [-0.4, -0.2) is 82.1 Å². The van der Waals surface area contributed by atoms with Gasteiger partial charge in [0.25, 0.3) is 5.95 Å². The molecule has 2 aliphatic heterocycles. The second-order valence-corrected chi connectivity index (χ2v) is 10.1. The van der Waals surface area contributed by atoms with Crippen LogP contribution in [0.2, 0.25) is 0 Å². The van der Waals surface area contributed by atoms with Crippen LogP contribution in [0.3, 0.4) is 0 Å². The van der Waals surface area contributed by atoms with Gasteiger partial charge >= 0.3 is 0 Å². The molecule has 0 radical (unpaired) electrons. The van der Waals surface area contributed by atoms with Crippen molar-refractivity contribution >= 4 is 16.8 Å². The van der Waals surface area contributed by atoms with Crippen LogP contribution >= 0.6 is 0 Å². The Labute approximate surface area is 204 Å². The van der Waals surface area contributed by atoms with Gasteiger partial charge in [0.1, 0.15) is 17.9 Å². The molecule has 0 aliphatic carbocycles. The molecular formula is C25H33FN6O3. The first-order valence-electron chi connectivity index (χ1n) is 12.4. The number of rotatable bonds is 8. The van der Waals surface area contributed by atoms with Crippen molar-refractivity contribution in [3.8, 4) is 5.95 Å². The zero-order chi connectivity index (χ0) is 24.5. The molecule has 3 aromatic rings. The first kappa shape index (κ1) is 23.9. The summed E-state index contributed by atoms with van der Waals surface area (Å²) in [6.45, 7) is 8.84. The molecule has 5 rings (SSSR count). The van der Waals surface area contributed by atoms with E-state index in [0.717, 1.165) is 56.6 Å². The SMILES string of the molecule is COCC(=O)N1CC[C@@H](CN2CC[C@H](Cc3nc(-n4nc(C(C)C)c5cccc(F)c54)no3)C2)C1. The summed E-state index contributed by atoms with van der Waals surface area (Å²) in [5, 5.41) is 9.50. The average molecular weight is 485 g/mol. The van der Waals surface area contributed by atoms with E-state index in [-0.39, 0.29) is 30.2 Å². The summed E-state index contributed by atoms with van der Waals surface area (Å²) in [4.78, 5) is 21.0. The van der Waals surface area contributed by atoms with E-state index in [0.29, 0.717) is 29.7 Å². The summed E-state index contributed by atoms with van der Waals surface area (Å²) in [7, 11) is 1.56. The van der Waals surface area contributed by atoms with Crippen LogP contribution in [0, 0.1) is 17.7 Å². The number of likely N-dealkylation sites (tertiary alicyclic amines) is 2. The maximum atomic E-state index is 14.7. The molecule has 2 aliphatic rings. The molecule has 4 heterocycles. The zero-order valence-electron chi connectivity index (χ0n) is 20.6. The van der Waals surface area contributed by atoms with Crippen molar-refractivity contribution in [1.82, 2.24) is 29.7 Å². The highest BCUT2D eigenvalue weighted by Crippen LogP contribution is 2.29. The van der Waals surface area contributed by atoms with Crippen molar-refractivity contribution in [2.75, 3.05) is 46.4 Å². The molecular weight excluding hydrogens is 451 g/mol. The Morgan fingerprint density at radius 2 is 2.06 bits per heavy atom. The Kier molecular flexibility index (Phi) is 6.84. The second-order valence-electron chi connectivity index (χ2n) is 10.1. The minimum Gasteiger partial charge on any atom is -0.375 e. The van der Waals surface area contributed by atoms with Crippen molar-refractivity contribution < 1.29 is 18.4 Å². The van der Waals surface area contributed by atoms with Crippen LogP contribution in [0.25, 0.3) is 16.9 Å². The number of ether oxygens (including phenoxy) is 1. The van der Waals surface area contributed by atoms with E-state index in [1.807, 2.05) is 24.8 Å². The Morgan fingerprint density at radius 3 is 2.86 bits per heavy atom. The normalized spacial score (nSPS) is 21.1. The van der Waals surface area contributed by atoms with Crippen molar-refractivity contribution in [3.63, 3.8) is 0 Å². The smallest absolute Gasteiger partial charge is 0.291 e. The van der Waals surface area contributed by atoms with Gasteiger partial charge in [-0.2, -0.15) is 14.8 Å². The summed E-state index contributed by atoms with van der Waals surface area (Å²) >= 11 is 0. The van der Waals surface area contributed by atoms with Crippen LogP contribution in [0.4, 0.5) is 4.39 Å². The summed E-state index contributed by atoms with van der Waals surface area (Å²) in [6.07, 6.45) is 2.79. The lowest BCUT2D eigenvalue weighted by molar-refractivity contribution is -0.134. The molecule has 0 spiro atoms. The van der Waals surface area contributed by atoms with Crippen LogP contribution < -0.4 is 0 Å². The third-order valence-electron chi connectivity index (χ3n) is 7.13. The zero-order valence-corrected chi connectivity index (χ0v) is 20.6. The molecule has 2 saturated heterocycles. The third-order valence-corrected chi connectivity index (χ3v) is 7.13. The molecule has 9 nitrogen and oxygen atoms in total. The van der Waals surface area contributed by atoms with Crippen LogP contribution in [0.5, 0.6) is 0 Å². The fraction of sp³-hybridized carbons (Fsp3) is 0.600. The van der Waals surface area contributed by atoms with Gasteiger partial charge in [-0.3, -0.25) is 4.79 Å². The molecule has 2 aromatic heterocycles. The predicted molar refractivity (Wildman–Crippen MR) is 128 cm³/mol. The van der Waals surface area contributed by atoms with Gasteiger partial charge in [-0.1, -0.05) is 26.0 Å². The lowest BCUT2D eigenvalue weighted by atomic mass is 10.1. The number of amides is 1. The number of nitrogens with zero attached hydrogens (tertiary/aromatic N) is 6. The Morgan fingerprint density at radius 1 is 1.23 bits per heavy atom. The largest absolute Gasteiger partial charge is 0.375 e. The number of carbonyl (C=O) groups excluding carboxylic acids is 1. The number of aromatic nitrogens is 4. The van der Waals surface area contributed by atoms with E-state index >= 15 is 0 Å². The van der Waals surface area contributed by atoms with Gasteiger partial charge < -0.3 is 19.1 Å². The lowest BCUT2D eigenvalue weighted by Gasteiger charge is -2.21. The van der Waals surface area contributed by atoms with E-state index in [2.05, 4.69) is 20.1 Å². The van der Waals surface area contributed by atoms with Gasteiger partial charge in [-0.15, -0.1) is 0 Å². The summed E-state index contributed by atoms with van der Waals surface area (Å²) in [5.41, 5.74) is 1.19. The van der Waals surface area contributed by atoms with Crippen molar-refractivity contribution in [2.24, 2.45) is 11.8 Å². The molecule has 0 unspecified atom stereocenters. The number of methoxy groups -OCH3 is 1. The van der Waals surface area contributed by atoms with Crippen molar-refractivity contribution in [3.05, 3.63) is 35.6 Å². The van der Waals surface area contributed by atoms with Gasteiger partial charge in [-0.25, -0.2) is 4.39 Å². The minimum absolute atomic E-state index is 0.0758. The summed E-state index contributed by atoms with van der Waals surface area (Å²) in [5.74, 6) is 1.61. The number of halogens is 1. The van der Waals surface area contributed by atoms with E-state index in [1.54, 1.807) is 13.2 Å². The van der Waals surface area contributed by atoms with Crippen molar-refractivity contribution in [1.29, 1.82) is 0 Å². The molecule has 35 heavy (non-hydrogen) atoms. The van der Waals surface area contributed by atoms with Crippen molar-refractivity contribution in [2.45, 2.75) is 39.0 Å². The number of carbonyl (C=O) groups is 1. The monoisotopic (exact) mass is 484 g/mol. The number of hydrogen-bond donors (Lipinski definition) is 0. The number of fused-ring (bicyclic) bond motifs is 1. The first-order chi connectivity index (χ1) is 16.9. The average Bonchev–Trinajstić information content (AvgIpc) is 3.61. The first-order valence-corrected chi connectivity index (χ1v) is 12.4. The topological polar surface area (TPSA) is 89.5 Å². The van der Waals surface area contributed by atoms with E-state index in [4.69, 9.17) is 9.26 Å². The summed E-state index contributed by atoms with van der Waals surface area (Å²) < 4.78 is 26.7. The standard InChI is InChI=1S/C25H33FN6O3/c1-16(2)23-19-5-4-6-20(26)24(19)32(28-23)25-27-21(35-29-25)11-17-7-9-30(12-17)13-18-8-10-31(14-18)22(33)15-34-3/h4-6,16-18H,7-15H2,1-3H3/t17-,18+/m1/s1. The molecule has 188 valence electrons. The quantitative estimate of drug-likeness (QED) is 0.486. The summed E-state index contributed by atoms with van der Waals surface area (Å²) in [6, 6.07) is 5.00. The Balaban J connectivity index is 1.21. The van der Waals surface area contributed by atoms with Crippen LogP contribution in [-0.2, 0) is 16.0 Å². The molecule has 0 saturated carbocycles. The fourth-order valence-corrected chi connectivity index (χ4v) is 5.42. The predicted octanol–water partition coefficient (Wildman–Crippen LogP) is 3.03. The van der Waals surface area contributed by atoms with Gasteiger partial charge in [0, 0.05) is 45.1 Å². The maximum Gasteiger partial charge on any atom is 0.291 e. The van der Waals surface area contributed by atoms with Crippen LogP contribution in [0.1, 0.15) is 44.2 Å². The van der Waals surface area contributed by atoms with Gasteiger partial charge in [-0.05, 0) is 48.4 Å². The molecule has 10 heteroatoms. The highest BCUT2D eigenvalue weighted by molar-refractivity contribution is 5.84. The second kappa shape index (κ2) is 10.0. The van der Waals surface area contributed by atoms with E-state index in [9.17, 15) is 9.18 Å².